The number of carbonyl (C=O) groups excluding carboxylic acids is 1. The summed E-state index contributed by atoms with van der Waals surface area (Å²) in [5, 5.41) is 3.77. The Balaban J connectivity index is 1.83. The molecule has 1 N–H and O–H groups in total. The number of nitrogens with one attached hydrogen (secondary N) is 1. The molecule has 0 saturated heterocycles. The Kier molecular flexibility index (Phi) is 5.50. The van der Waals surface area contributed by atoms with E-state index in [-0.39, 0.29) is 17.9 Å². The number of thioether (sulfide) groups is 1. The third-order valence-electron chi connectivity index (χ3n) is 6.43. The fourth-order valence-corrected chi connectivity index (χ4v) is 6.89. The Bertz CT molecular complexity index is 1210. The lowest BCUT2D eigenvalue weighted by atomic mass is 9.99. The summed E-state index contributed by atoms with van der Waals surface area (Å²) in [4.78, 5) is 13.3. The van der Waals surface area contributed by atoms with Crippen molar-refractivity contribution in [1.29, 1.82) is 0 Å². The zero-order valence-electron chi connectivity index (χ0n) is 18.3. The fraction of sp³-hybridized carbons (Fsp3) is 0.435. The maximum Gasteiger partial charge on any atom is 0.252 e. The molecule has 1 amide bonds. The van der Waals surface area contributed by atoms with Crippen LogP contribution in [0.1, 0.15) is 38.8 Å². The van der Waals surface area contributed by atoms with Gasteiger partial charge in [-0.05, 0) is 50.7 Å². The highest BCUT2D eigenvalue weighted by atomic mass is 32.2. The Labute approximate surface area is 187 Å². The Morgan fingerprint density at radius 1 is 1.26 bits per heavy atom. The lowest BCUT2D eigenvalue weighted by Gasteiger charge is -2.34. The van der Waals surface area contributed by atoms with Crippen molar-refractivity contribution < 1.29 is 17.9 Å². The molecule has 2 aliphatic rings. The van der Waals surface area contributed by atoms with Crippen LogP contribution in [-0.4, -0.2) is 36.4 Å². The SMILES string of the molecule is COC1=C(SC)C=CCC1(C)S(=O)(=O)n1c(CNC(=O)C2(C)CC2)cc2ccccc21. The lowest BCUT2D eigenvalue weighted by molar-refractivity contribution is -0.125. The molecule has 2 aliphatic carbocycles. The molecule has 6 nitrogen and oxygen atoms in total. The number of hydrogen-bond acceptors (Lipinski definition) is 5. The molecule has 0 spiro atoms. The van der Waals surface area contributed by atoms with Crippen LogP contribution in [0, 0.1) is 5.41 Å². The predicted octanol–water partition coefficient (Wildman–Crippen LogP) is 4.18. The van der Waals surface area contributed by atoms with Crippen molar-refractivity contribution in [3.05, 3.63) is 58.8 Å². The largest absolute Gasteiger partial charge is 0.498 e. The number of methoxy groups -OCH3 is 1. The van der Waals surface area contributed by atoms with Gasteiger partial charge in [-0.1, -0.05) is 31.2 Å². The van der Waals surface area contributed by atoms with Gasteiger partial charge in [-0.15, -0.1) is 11.8 Å². The smallest absolute Gasteiger partial charge is 0.252 e. The van der Waals surface area contributed by atoms with E-state index < -0.39 is 14.8 Å². The molecule has 166 valence electrons. The third kappa shape index (κ3) is 3.49. The van der Waals surface area contributed by atoms with E-state index in [4.69, 9.17) is 4.74 Å². The molecule has 8 heteroatoms. The highest BCUT2D eigenvalue weighted by Gasteiger charge is 2.48. The zero-order chi connectivity index (χ0) is 22.4. The Morgan fingerprint density at radius 3 is 2.61 bits per heavy atom. The molecule has 2 aromatic rings. The summed E-state index contributed by atoms with van der Waals surface area (Å²) < 4.78 is 34.1. The minimum absolute atomic E-state index is 0.0318. The van der Waals surface area contributed by atoms with Gasteiger partial charge in [-0.3, -0.25) is 4.79 Å². The summed E-state index contributed by atoms with van der Waals surface area (Å²) in [5.74, 6) is 0.413. The quantitative estimate of drug-likeness (QED) is 0.671. The van der Waals surface area contributed by atoms with Gasteiger partial charge in [0.15, 0.2) is 4.75 Å². The van der Waals surface area contributed by atoms with Gasteiger partial charge in [0.05, 0.1) is 24.9 Å². The second-order valence-electron chi connectivity index (χ2n) is 8.65. The summed E-state index contributed by atoms with van der Waals surface area (Å²) in [5.41, 5.74) is 0.812. The topological polar surface area (TPSA) is 77.4 Å². The molecule has 0 radical (unpaired) electrons. The maximum absolute atomic E-state index is 14.2. The molecule has 0 aliphatic heterocycles. The zero-order valence-corrected chi connectivity index (χ0v) is 19.9. The first-order chi connectivity index (χ1) is 14.7. The van der Waals surface area contributed by atoms with Crippen LogP contribution in [-0.2, 0) is 26.1 Å². The number of carbonyl (C=O) groups is 1. The Morgan fingerprint density at radius 2 is 1.97 bits per heavy atom. The minimum Gasteiger partial charge on any atom is -0.498 e. The van der Waals surface area contributed by atoms with Gasteiger partial charge >= 0.3 is 0 Å². The number of amides is 1. The molecule has 1 saturated carbocycles. The first-order valence-corrected chi connectivity index (χ1v) is 13.0. The summed E-state index contributed by atoms with van der Waals surface area (Å²) in [7, 11) is -2.41. The lowest BCUT2D eigenvalue weighted by Crippen LogP contribution is -2.44. The van der Waals surface area contributed by atoms with E-state index in [2.05, 4.69) is 5.32 Å². The molecule has 1 unspecified atom stereocenters. The van der Waals surface area contributed by atoms with Gasteiger partial charge < -0.3 is 10.1 Å². The van der Waals surface area contributed by atoms with Crippen molar-refractivity contribution in [2.24, 2.45) is 5.41 Å². The number of para-hydroxylation sites is 1. The maximum atomic E-state index is 14.2. The van der Waals surface area contributed by atoms with Gasteiger partial charge in [0.1, 0.15) is 5.76 Å². The van der Waals surface area contributed by atoms with Crippen LogP contribution in [0.25, 0.3) is 10.9 Å². The standard InChI is InChI=1S/C23H28N2O4S2/c1-22(12-13-22)21(26)24-15-17-14-16-8-5-6-9-18(16)25(17)31(27,28)23(2)11-7-10-19(30-4)20(23)29-3/h5-10,14H,11-13,15H2,1-4H3,(H,24,26). The van der Waals surface area contributed by atoms with Crippen LogP contribution in [0.4, 0.5) is 0 Å². The van der Waals surface area contributed by atoms with Crippen molar-refractivity contribution in [2.75, 3.05) is 13.4 Å². The number of hydrogen-bond donors (Lipinski definition) is 1. The summed E-state index contributed by atoms with van der Waals surface area (Å²) in [6, 6.07) is 9.23. The van der Waals surface area contributed by atoms with Crippen LogP contribution in [0.5, 0.6) is 0 Å². The average molecular weight is 461 g/mol. The second kappa shape index (κ2) is 7.74. The summed E-state index contributed by atoms with van der Waals surface area (Å²) in [6.45, 7) is 3.79. The molecule has 4 rings (SSSR count). The van der Waals surface area contributed by atoms with Gasteiger partial charge in [-0.2, -0.15) is 0 Å². The molecule has 1 heterocycles. The van der Waals surface area contributed by atoms with E-state index >= 15 is 0 Å². The molecule has 1 aromatic heterocycles. The number of nitrogens with zero attached hydrogens (tertiary/aromatic N) is 1. The van der Waals surface area contributed by atoms with Crippen molar-refractivity contribution in [2.45, 2.75) is 44.4 Å². The van der Waals surface area contributed by atoms with E-state index in [0.717, 1.165) is 23.1 Å². The summed E-state index contributed by atoms with van der Waals surface area (Å²) in [6.07, 6.45) is 7.73. The average Bonchev–Trinajstić information content (AvgIpc) is 3.39. The molecule has 1 atom stereocenters. The van der Waals surface area contributed by atoms with Gasteiger partial charge in [0.2, 0.25) is 5.91 Å². The number of rotatable bonds is 7. The number of allylic oxidation sites excluding steroid dienone is 2. The van der Waals surface area contributed by atoms with Crippen LogP contribution >= 0.6 is 11.8 Å². The highest BCUT2D eigenvalue weighted by molar-refractivity contribution is 8.02. The molecular weight excluding hydrogens is 432 g/mol. The van der Waals surface area contributed by atoms with Crippen LogP contribution in [0.2, 0.25) is 0 Å². The van der Waals surface area contributed by atoms with E-state index in [1.54, 1.807) is 13.0 Å². The highest BCUT2D eigenvalue weighted by Crippen LogP contribution is 2.45. The fourth-order valence-electron chi connectivity index (χ4n) is 4.11. The molecular formula is C23H28N2O4S2. The molecule has 0 bridgehead atoms. The van der Waals surface area contributed by atoms with Crippen LogP contribution in [0.15, 0.2) is 53.1 Å². The first kappa shape index (κ1) is 22.0. The van der Waals surface area contributed by atoms with Crippen molar-refractivity contribution in [1.82, 2.24) is 9.29 Å². The first-order valence-electron chi connectivity index (χ1n) is 10.3. The molecule has 31 heavy (non-hydrogen) atoms. The number of aromatic nitrogens is 1. The second-order valence-corrected chi connectivity index (χ2v) is 11.7. The normalized spacial score (nSPS) is 22.6. The van der Waals surface area contributed by atoms with E-state index in [1.165, 1.54) is 22.8 Å². The number of ether oxygens (including phenoxy) is 1. The van der Waals surface area contributed by atoms with Crippen LogP contribution < -0.4 is 5.32 Å². The van der Waals surface area contributed by atoms with E-state index in [9.17, 15) is 13.2 Å². The molecule has 1 fully saturated rings. The predicted molar refractivity (Wildman–Crippen MR) is 125 cm³/mol. The van der Waals surface area contributed by atoms with E-state index in [1.807, 2.05) is 49.6 Å². The third-order valence-corrected chi connectivity index (χ3v) is 9.60. The monoisotopic (exact) mass is 460 g/mol. The van der Waals surface area contributed by atoms with Crippen molar-refractivity contribution in [3.8, 4) is 0 Å². The van der Waals surface area contributed by atoms with Crippen molar-refractivity contribution in [3.63, 3.8) is 0 Å². The van der Waals surface area contributed by atoms with E-state index in [0.29, 0.717) is 23.4 Å². The number of fused-ring (bicyclic) bond motifs is 1. The van der Waals surface area contributed by atoms with Gasteiger partial charge in [-0.25, -0.2) is 12.4 Å². The van der Waals surface area contributed by atoms with Gasteiger partial charge in [0, 0.05) is 15.7 Å². The van der Waals surface area contributed by atoms with Crippen LogP contribution in [0.3, 0.4) is 0 Å². The minimum atomic E-state index is -3.93. The molecule has 1 aromatic carbocycles. The number of benzene rings is 1. The van der Waals surface area contributed by atoms with Crippen molar-refractivity contribution >= 4 is 38.6 Å². The van der Waals surface area contributed by atoms with Gasteiger partial charge in [0.25, 0.3) is 10.0 Å². The summed E-state index contributed by atoms with van der Waals surface area (Å²) >= 11 is 1.46. The Hall–Kier alpha value is -2.19.